The van der Waals surface area contributed by atoms with E-state index in [9.17, 15) is 0 Å². The van der Waals surface area contributed by atoms with Gasteiger partial charge in [0.1, 0.15) is 0 Å². The average molecular weight is 263 g/mol. The van der Waals surface area contributed by atoms with Gasteiger partial charge < -0.3 is 4.90 Å². The molecule has 94 valence electrons. The van der Waals surface area contributed by atoms with Gasteiger partial charge in [-0.3, -0.25) is 0 Å². The van der Waals surface area contributed by atoms with Crippen LogP contribution in [0.4, 0.5) is 5.95 Å². The zero-order valence-electron chi connectivity index (χ0n) is 10.9. The Bertz CT molecular complexity index is 561. The molecule has 18 heavy (non-hydrogen) atoms. The van der Waals surface area contributed by atoms with E-state index in [-0.39, 0.29) is 5.28 Å². The van der Waals surface area contributed by atoms with E-state index in [0.717, 1.165) is 5.56 Å². The van der Waals surface area contributed by atoms with Crippen molar-refractivity contribution >= 4 is 17.5 Å². The fourth-order valence-corrected chi connectivity index (χ4v) is 1.93. The lowest BCUT2D eigenvalue weighted by atomic mass is 10.1. The number of benzene rings is 1. The molecule has 0 bridgehead atoms. The van der Waals surface area contributed by atoms with Crippen LogP contribution in [-0.2, 0) is 0 Å². The van der Waals surface area contributed by atoms with E-state index in [1.807, 2.05) is 40.1 Å². The summed E-state index contributed by atoms with van der Waals surface area (Å²) in [4.78, 5) is 14.5. The fraction of sp³-hybridized carbons (Fsp3) is 0.308. The molecule has 2 rings (SSSR count). The Balaban J connectivity index is 2.56. The monoisotopic (exact) mass is 262 g/mol. The number of rotatable bonds is 2. The third-order valence-corrected chi connectivity index (χ3v) is 2.65. The van der Waals surface area contributed by atoms with Crippen LogP contribution in [0.5, 0.6) is 0 Å². The van der Waals surface area contributed by atoms with Gasteiger partial charge in [0.05, 0.1) is 0 Å². The second kappa shape index (κ2) is 4.90. The lowest BCUT2D eigenvalue weighted by Gasteiger charge is -2.11. The predicted molar refractivity (Wildman–Crippen MR) is 74.1 cm³/mol. The zero-order chi connectivity index (χ0) is 13.3. The molecule has 0 atom stereocenters. The molecule has 0 spiro atoms. The van der Waals surface area contributed by atoms with Gasteiger partial charge in [0.15, 0.2) is 5.82 Å². The smallest absolute Gasteiger partial charge is 0.229 e. The van der Waals surface area contributed by atoms with Gasteiger partial charge in [0.25, 0.3) is 0 Å². The topological polar surface area (TPSA) is 41.9 Å². The largest absolute Gasteiger partial charge is 0.347 e. The first-order valence-electron chi connectivity index (χ1n) is 5.63. The lowest BCUT2D eigenvalue weighted by Crippen LogP contribution is -2.14. The summed E-state index contributed by atoms with van der Waals surface area (Å²) < 4.78 is 0. The van der Waals surface area contributed by atoms with Crippen LogP contribution < -0.4 is 4.90 Å². The number of aromatic nitrogens is 3. The molecule has 0 amide bonds. The summed E-state index contributed by atoms with van der Waals surface area (Å²) in [7, 11) is 3.74. The minimum absolute atomic E-state index is 0.211. The number of hydrogen-bond acceptors (Lipinski definition) is 4. The summed E-state index contributed by atoms with van der Waals surface area (Å²) in [6.07, 6.45) is 0. The highest BCUT2D eigenvalue weighted by atomic mass is 35.5. The van der Waals surface area contributed by atoms with E-state index in [1.54, 1.807) is 4.90 Å². The summed E-state index contributed by atoms with van der Waals surface area (Å²) in [5, 5.41) is 0.211. The second-order valence-electron chi connectivity index (χ2n) is 4.50. The van der Waals surface area contributed by atoms with Crippen LogP contribution >= 0.6 is 11.6 Å². The van der Waals surface area contributed by atoms with Crippen molar-refractivity contribution in [3.8, 4) is 11.4 Å². The molecule has 0 N–H and O–H groups in total. The van der Waals surface area contributed by atoms with E-state index in [1.165, 1.54) is 11.1 Å². The fourth-order valence-electron chi connectivity index (χ4n) is 1.77. The Morgan fingerprint density at radius 2 is 1.56 bits per heavy atom. The molecule has 0 aliphatic carbocycles. The molecule has 0 radical (unpaired) electrons. The molecule has 0 aliphatic heterocycles. The molecule has 1 aromatic carbocycles. The van der Waals surface area contributed by atoms with Crippen LogP contribution in [-0.4, -0.2) is 29.0 Å². The second-order valence-corrected chi connectivity index (χ2v) is 4.84. The van der Waals surface area contributed by atoms with Gasteiger partial charge >= 0.3 is 0 Å². The number of halogens is 1. The van der Waals surface area contributed by atoms with Crippen LogP contribution in [0.2, 0.25) is 5.28 Å². The van der Waals surface area contributed by atoms with Crippen molar-refractivity contribution in [3.05, 3.63) is 34.6 Å². The van der Waals surface area contributed by atoms with Crippen LogP contribution in [0.3, 0.4) is 0 Å². The summed E-state index contributed by atoms with van der Waals surface area (Å²) in [6, 6.07) is 6.19. The predicted octanol–water partition coefficient (Wildman–Crippen LogP) is 2.87. The third kappa shape index (κ3) is 2.76. The molecule has 0 saturated heterocycles. The summed E-state index contributed by atoms with van der Waals surface area (Å²) in [5.74, 6) is 1.16. The maximum atomic E-state index is 5.93. The van der Waals surface area contributed by atoms with E-state index in [0.29, 0.717) is 11.8 Å². The normalized spacial score (nSPS) is 10.5. The third-order valence-electron chi connectivity index (χ3n) is 2.48. The molecule has 0 unspecified atom stereocenters. The van der Waals surface area contributed by atoms with Gasteiger partial charge in [-0.05, 0) is 37.6 Å². The minimum atomic E-state index is 0.211. The zero-order valence-corrected chi connectivity index (χ0v) is 11.7. The van der Waals surface area contributed by atoms with Crippen molar-refractivity contribution in [2.75, 3.05) is 19.0 Å². The Morgan fingerprint density at radius 3 is 2.11 bits per heavy atom. The molecule has 2 aromatic rings. The van der Waals surface area contributed by atoms with Gasteiger partial charge in [0.2, 0.25) is 11.2 Å². The summed E-state index contributed by atoms with van der Waals surface area (Å²) >= 11 is 5.93. The molecule has 0 fully saturated rings. The van der Waals surface area contributed by atoms with Crippen LogP contribution in [0.1, 0.15) is 11.1 Å². The maximum Gasteiger partial charge on any atom is 0.229 e. The van der Waals surface area contributed by atoms with E-state index in [2.05, 4.69) is 21.0 Å². The van der Waals surface area contributed by atoms with Gasteiger partial charge in [-0.15, -0.1) is 0 Å². The minimum Gasteiger partial charge on any atom is -0.347 e. The highest BCUT2D eigenvalue weighted by molar-refractivity contribution is 6.28. The van der Waals surface area contributed by atoms with E-state index >= 15 is 0 Å². The van der Waals surface area contributed by atoms with E-state index < -0.39 is 0 Å². The Morgan fingerprint density at radius 1 is 0.944 bits per heavy atom. The maximum absolute atomic E-state index is 5.93. The summed E-state index contributed by atoms with van der Waals surface area (Å²) in [5.41, 5.74) is 3.31. The lowest BCUT2D eigenvalue weighted by molar-refractivity contribution is 0.961. The molecule has 0 aliphatic rings. The standard InChI is InChI=1S/C13H15ClN4/c1-8-5-9(2)7-10(6-8)11-15-12(14)17-13(16-11)18(3)4/h5-7H,1-4H3. The quantitative estimate of drug-likeness (QED) is 0.835. The number of hydrogen-bond donors (Lipinski definition) is 0. The Kier molecular flexibility index (Phi) is 3.48. The van der Waals surface area contributed by atoms with Crippen molar-refractivity contribution in [2.24, 2.45) is 0 Å². The van der Waals surface area contributed by atoms with Crippen molar-refractivity contribution in [1.29, 1.82) is 0 Å². The van der Waals surface area contributed by atoms with Crippen LogP contribution in [0.15, 0.2) is 18.2 Å². The van der Waals surface area contributed by atoms with E-state index in [4.69, 9.17) is 11.6 Å². The van der Waals surface area contributed by atoms with Crippen molar-refractivity contribution < 1.29 is 0 Å². The molecular weight excluding hydrogens is 248 g/mol. The molecule has 1 heterocycles. The number of nitrogens with zero attached hydrogens (tertiary/aromatic N) is 4. The highest BCUT2D eigenvalue weighted by Gasteiger charge is 2.09. The molecule has 5 heteroatoms. The van der Waals surface area contributed by atoms with Crippen molar-refractivity contribution in [1.82, 2.24) is 15.0 Å². The van der Waals surface area contributed by atoms with Crippen molar-refractivity contribution in [3.63, 3.8) is 0 Å². The SMILES string of the molecule is Cc1cc(C)cc(-c2nc(Cl)nc(N(C)C)n2)c1. The highest BCUT2D eigenvalue weighted by Crippen LogP contribution is 2.21. The molecule has 4 nitrogen and oxygen atoms in total. The Labute approximate surface area is 112 Å². The molecular formula is C13H15ClN4. The first-order chi connectivity index (χ1) is 8.45. The van der Waals surface area contributed by atoms with Gasteiger partial charge in [0, 0.05) is 19.7 Å². The van der Waals surface area contributed by atoms with Gasteiger partial charge in [-0.2, -0.15) is 15.0 Å². The Hall–Kier alpha value is -1.68. The molecule has 0 saturated carbocycles. The number of aryl methyl sites for hydroxylation is 2. The van der Waals surface area contributed by atoms with Gasteiger partial charge in [-0.1, -0.05) is 17.2 Å². The molecule has 1 aromatic heterocycles. The van der Waals surface area contributed by atoms with Gasteiger partial charge in [-0.25, -0.2) is 0 Å². The van der Waals surface area contributed by atoms with Crippen molar-refractivity contribution in [2.45, 2.75) is 13.8 Å². The van der Waals surface area contributed by atoms with Crippen LogP contribution in [0.25, 0.3) is 11.4 Å². The van der Waals surface area contributed by atoms with Crippen LogP contribution in [0, 0.1) is 13.8 Å². The summed E-state index contributed by atoms with van der Waals surface area (Å²) in [6.45, 7) is 4.10. The first kappa shape index (κ1) is 12.8. The average Bonchev–Trinajstić information content (AvgIpc) is 2.26. The first-order valence-corrected chi connectivity index (χ1v) is 6.01. The number of anilines is 1.